The van der Waals surface area contributed by atoms with Crippen molar-refractivity contribution in [1.29, 1.82) is 5.26 Å². The van der Waals surface area contributed by atoms with Gasteiger partial charge in [0, 0.05) is 29.3 Å². The molecule has 174 valence electrons. The van der Waals surface area contributed by atoms with Crippen LogP contribution in [-0.2, 0) is 11.2 Å². The van der Waals surface area contributed by atoms with Gasteiger partial charge in [0.25, 0.3) is 0 Å². The van der Waals surface area contributed by atoms with E-state index in [2.05, 4.69) is 6.07 Å². The lowest BCUT2D eigenvalue weighted by atomic mass is 9.80. The van der Waals surface area contributed by atoms with Crippen molar-refractivity contribution in [2.24, 2.45) is 5.92 Å². The quantitative estimate of drug-likeness (QED) is 0.356. The third kappa shape index (κ3) is 3.29. The average Bonchev–Trinajstić information content (AvgIpc) is 3.02. The minimum Gasteiger partial charge on any atom is -0.506 e. The number of hydrogen-bond acceptors (Lipinski definition) is 9. The highest BCUT2D eigenvalue weighted by Gasteiger charge is 2.60. The van der Waals surface area contributed by atoms with Gasteiger partial charge >= 0.3 is 5.97 Å². The Balaban J connectivity index is 1.93. The molecule has 1 unspecified atom stereocenters. The highest BCUT2D eigenvalue weighted by Crippen LogP contribution is 2.56. The van der Waals surface area contributed by atoms with Crippen molar-refractivity contribution >= 4 is 29.5 Å². The number of hydrogen-bond donors (Lipinski definition) is 4. The number of benzene rings is 1. The van der Waals surface area contributed by atoms with Crippen LogP contribution in [0.15, 0.2) is 9.79 Å². The van der Waals surface area contributed by atoms with Crippen LogP contribution in [0.5, 0.6) is 11.5 Å². The van der Waals surface area contributed by atoms with Crippen LogP contribution < -0.4 is 0 Å². The monoisotopic (exact) mass is 479 g/mol. The minimum atomic E-state index is -0.891. The SMILES string of the molecule is CCSc1c(O)c2c(c(O)c1SCC)[C@H](CO)N1C(C#N)[C@@H]3C[C@@H](C(=O)O)[C@H]([C@@H]1C2)N3C. The van der Waals surface area contributed by atoms with Crippen LogP contribution in [0.4, 0.5) is 0 Å². The van der Waals surface area contributed by atoms with Crippen molar-refractivity contribution in [3.05, 3.63) is 11.1 Å². The van der Waals surface area contributed by atoms with Crippen molar-refractivity contribution in [2.75, 3.05) is 25.2 Å². The van der Waals surface area contributed by atoms with Gasteiger partial charge in [-0.05, 0) is 31.4 Å². The van der Waals surface area contributed by atoms with Crippen LogP contribution in [-0.4, -0.2) is 85.5 Å². The smallest absolute Gasteiger partial charge is 0.308 e. The Morgan fingerprint density at radius 1 is 1.16 bits per heavy atom. The van der Waals surface area contributed by atoms with Crippen molar-refractivity contribution in [2.45, 2.75) is 66.7 Å². The van der Waals surface area contributed by atoms with Gasteiger partial charge in [-0.2, -0.15) is 5.26 Å². The predicted molar refractivity (Wildman–Crippen MR) is 122 cm³/mol. The number of carboxylic acids is 1. The van der Waals surface area contributed by atoms with E-state index in [1.165, 1.54) is 23.5 Å². The zero-order chi connectivity index (χ0) is 23.3. The number of phenolic OH excluding ortho intramolecular Hbond substituents is 2. The van der Waals surface area contributed by atoms with Gasteiger partial charge in [0.15, 0.2) is 0 Å². The van der Waals surface area contributed by atoms with E-state index < -0.39 is 24.0 Å². The summed E-state index contributed by atoms with van der Waals surface area (Å²) in [6.45, 7) is 3.60. The first-order valence-corrected chi connectivity index (χ1v) is 12.9. The molecule has 0 radical (unpaired) electrons. The lowest BCUT2D eigenvalue weighted by Gasteiger charge is -2.54. The second kappa shape index (κ2) is 8.95. The summed E-state index contributed by atoms with van der Waals surface area (Å²) in [6, 6.07) is 0.0438. The van der Waals surface area contributed by atoms with Crippen molar-refractivity contribution in [1.82, 2.24) is 9.80 Å². The van der Waals surface area contributed by atoms with E-state index in [1.807, 2.05) is 30.7 Å². The van der Waals surface area contributed by atoms with Gasteiger partial charge in [-0.15, -0.1) is 23.5 Å². The van der Waals surface area contributed by atoms with E-state index in [0.717, 1.165) is 0 Å². The molecule has 2 saturated heterocycles. The first kappa shape index (κ1) is 23.5. The fourth-order valence-corrected chi connectivity index (χ4v) is 7.90. The minimum absolute atomic E-state index is 0.0517. The molecule has 0 aliphatic carbocycles. The first-order valence-electron chi connectivity index (χ1n) is 10.9. The van der Waals surface area contributed by atoms with Gasteiger partial charge in [-0.3, -0.25) is 14.6 Å². The van der Waals surface area contributed by atoms with E-state index in [1.54, 1.807) is 0 Å². The lowest BCUT2D eigenvalue weighted by molar-refractivity contribution is -0.144. The topological polar surface area (TPSA) is 128 Å². The Labute approximate surface area is 196 Å². The molecule has 1 aromatic rings. The largest absolute Gasteiger partial charge is 0.506 e. The Morgan fingerprint density at radius 3 is 2.31 bits per heavy atom. The van der Waals surface area contributed by atoms with Crippen LogP contribution in [0.25, 0.3) is 0 Å². The first-order chi connectivity index (χ1) is 15.3. The van der Waals surface area contributed by atoms with Gasteiger partial charge in [0.1, 0.15) is 17.5 Å². The molecular weight excluding hydrogens is 450 g/mol. The van der Waals surface area contributed by atoms with Gasteiger partial charge in [-0.25, -0.2) is 0 Å². The van der Waals surface area contributed by atoms with Crippen LogP contribution >= 0.6 is 23.5 Å². The molecule has 8 nitrogen and oxygen atoms in total. The van der Waals surface area contributed by atoms with E-state index in [4.69, 9.17) is 0 Å². The highest BCUT2D eigenvalue weighted by molar-refractivity contribution is 8.02. The van der Waals surface area contributed by atoms with Crippen LogP contribution in [0, 0.1) is 17.2 Å². The Bertz CT molecular complexity index is 968. The number of phenols is 2. The molecule has 2 bridgehead atoms. The Kier molecular flexibility index (Phi) is 6.58. The molecular formula is C22H29N3O5S2. The highest BCUT2D eigenvalue weighted by atomic mass is 32.2. The molecule has 4 N–H and O–H groups in total. The number of aliphatic hydroxyl groups is 1. The molecule has 2 fully saturated rings. The van der Waals surface area contributed by atoms with Crippen LogP contribution in [0.3, 0.4) is 0 Å². The molecule has 3 heterocycles. The molecule has 0 saturated carbocycles. The molecule has 0 aromatic heterocycles. The summed E-state index contributed by atoms with van der Waals surface area (Å²) < 4.78 is 0. The summed E-state index contributed by atoms with van der Waals surface area (Å²) in [5, 5.41) is 53.0. The summed E-state index contributed by atoms with van der Waals surface area (Å²) in [6.07, 6.45) is 0.672. The molecule has 1 aromatic carbocycles. The zero-order valence-corrected chi connectivity index (χ0v) is 20.0. The van der Waals surface area contributed by atoms with E-state index in [0.29, 0.717) is 45.3 Å². The number of rotatable bonds is 6. The number of carboxylic acid groups (broad SMARTS) is 1. The van der Waals surface area contributed by atoms with Crippen molar-refractivity contribution < 1.29 is 25.2 Å². The van der Waals surface area contributed by atoms with Crippen molar-refractivity contribution in [3.63, 3.8) is 0 Å². The number of fused-ring (bicyclic) bond motifs is 5. The molecule has 10 heteroatoms. The number of aliphatic hydroxyl groups excluding tert-OH is 1. The fourth-order valence-electron chi connectivity index (χ4n) is 6.00. The predicted octanol–water partition coefficient (Wildman–Crippen LogP) is 2.26. The van der Waals surface area contributed by atoms with Crippen LogP contribution in [0.2, 0.25) is 0 Å². The number of thioether (sulfide) groups is 2. The molecule has 3 aliphatic heterocycles. The maximum atomic E-state index is 12.1. The van der Waals surface area contributed by atoms with Gasteiger partial charge in [0.2, 0.25) is 0 Å². The molecule has 0 spiro atoms. The third-order valence-electron chi connectivity index (χ3n) is 7.17. The summed E-state index contributed by atoms with van der Waals surface area (Å²) in [4.78, 5) is 17.2. The number of aliphatic carboxylic acids is 1. The number of piperazine rings is 1. The molecule has 3 aliphatic rings. The second-order valence-corrected chi connectivity index (χ2v) is 11.1. The Hall–Kier alpha value is -1.64. The summed E-state index contributed by atoms with van der Waals surface area (Å²) in [5.41, 5.74) is 1.02. The van der Waals surface area contributed by atoms with Gasteiger partial charge in [-0.1, -0.05) is 13.8 Å². The number of aromatic hydroxyl groups is 2. The molecule has 4 rings (SSSR count). The Morgan fingerprint density at radius 2 is 1.78 bits per heavy atom. The van der Waals surface area contributed by atoms with Crippen molar-refractivity contribution in [3.8, 4) is 17.6 Å². The third-order valence-corrected chi connectivity index (χ3v) is 9.25. The van der Waals surface area contributed by atoms with E-state index >= 15 is 0 Å². The standard InChI is InChI=1S/C22H29N3O5S2/c1-4-31-20-18(27)10-6-13-17-11(22(29)30)7-12(24(17)3)14(8-23)25(13)15(9-26)16(10)19(28)21(20)32-5-2/h11-15,17,26-28H,4-7,9H2,1-3H3,(H,29,30)/t11-,12+,13+,14?,15+,17-/m1/s1. The zero-order valence-electron chi connectivity index (χ0n) is 18.4. The molecule has 6 atom stereocenters. The summed E-state index contributed by atoms with van der Waals surface area (Å²) >= 11 is 2.90. The number of nitrogens with zero attached hydrogens (tertiary/aromatic N) is 3. The van der Waals surface area contributed by atoms with E-state index in [9.17, 15) is 30.5 Å². The maximum absolute atomic E-state index is 12.1. The van der Waals surface area contributed by atoms with Gasteiger partial charge < -0.3 is 20.4 Å². The average molecular weight is 480 g/mol. The molecule has 32 heavy (non-hydrogen) atoms. The number of nitriles is 1. The molecule has 0 amide bonds. The number of likely N-dealkylation sites (N-methyl/N-ethyl adjacent to an activating group) is 1. The van der Waals surface area contributed by atoms with Gasteiger partial charge in [0.05, 0.1) is 34.4 Å². The maximum Gasteiger partial charge on any atom is 0.308 e. The number of carbonyl (C=O) groups is 1. The normalized spacial score (nSPS) is 31.7. The second-order valence-electron chi connectivity index (χ2n) is 8.51. The summed E-state index contributed by atoms with van der Waals surface area (Å²) in [5.74, 6) is 0.0462. The van der Waals surface area contributed by atoms with Crippen LogP contribution in [0.1, 0.15) is 37.4 Å². The lowest BCUT2D eigenvalue weighted by Crippen LogP contribution is -2.67. The van der Waals surface area contributed by atoms with E-state index in [-0.39, 0.29) is 36.2 Å². The fraction of sp³-hybridized carbons (Fsp3) is 0.636. The summed E-state index contributed by atoms with van der Waals surface area (Å²) in [7, 11) is 1.86.